The Kier molecular flexibility index (Phi) is 4.07. The van der Waals surface area contributed by atoms with Gasteiger partial charge in [-0.3, -0.25) is 0 Å². The van der Waals surface area contributed by atoms with Gasteiger partial charge in [-0.2, -0.15) is 0 Å². The summed E-state index contributed by atoms with van der Waals surface area (Å²) in [7, 11) is 0. The van der Waals surface area contributed by atoms with Gasteiger partial charge in [-0.1, -0.05) is 0 Å². The fourth-order valence-corrected chi connectivity index (χ4v) is 6.57. The molecule has 0 heterocycles. The molecule has 0 aliphatic rings. The molecule has 1 heteroatoms. The first kappa shape index (κ1) is 12.5. The zero-order chi connectivity index (χ0) is 12.3. The van der Waals surface area contributed by atoms with Gasteiger partial charge in [0.15, 0.2) is 0 Å². The molecule has 0 N–H and O–H groups in total. The third-order valence-corrected chi connectivity index (χ3v) is 8.13. The minimum absolute atomic E-state index is 1.05. The van der Waals surface area contributed by atoms with Gasteiger partial charge in [-0.25, -0.2) is 0 Å². The first-order chi connectivity index (χ1) is 8.20. The topological polar surface area (TPSA) is 0 Å². The molecule has 88 valence electrons. The summed E-state index contributed by atoms with van der Waals surface area (Å²) < 4.78 is 3.14. The molecule has 0 spiro atoms. The molecular formula is C16H19As. The maximum absolute atomic E-state index is 2.36. The van der Waals surface area contributed by atoms with Crippen LogP contribution in [0.2, 0.25) is 5.21 Å². The van der Waals surface area contributed by atoms with Crippen LogP contribution in [0.1, 0.15) is 18.1 Å². The predicted molar refractivity (Wildman–Crippen MR) is 77.9 cm³/mol. The average Bonchev–Trinajstić information content (AvgIpc) is 2.33. The Labute approximate surface area is 109 Å². The number of hydrogen-bond acceptors (Lipinski definition) is 0. The summed E-state index contributed by atoms with van der Waals surface area (Å²) in [6, 6.07) is 18.2. The van der Waals surface area contributed by atoms with Crippen molar-refractivity contribution in [3.63, 3.8) is 0 Å². The van der Waals surface area contributed by atoms with Crippen LogP contribution in [0.5, 0.6) is 0 Å². The van der Waals surface area contributed by atoms with Crippen LogP contribution < -0.4 is 8.70 Å². The normalized spacial score (nSPS) is 12.4. The molecule has 2 aromatic rings. The van der Waals surface area contributed by atoms with Gasteiger partial charge in [0.05, 0.1) is 0 Å². The van der Waals surface area contributed by atoms with Gasteiger partial charge < -0.3 is 0 Å². The second-order valence-corrected chi connectivity index (χ2v) is 9.71. The van der Waals surface area contributed by atoms with E-state index in [1.807, 2.05) is 0 Å². The van der Waals surface area contributed by atoms with E-state index in [2.05, 4.69) is 69.3 Å². The first-order valence-corrected chi connectivity index (χ1v) is 9.32. The summed E-state index contributed by atoms with van der Waals surface area (Å²) in [5.74, 6) is 0. The molecule has 0 bridgehead atoms. The first-order valence-electron chi connectivity index (χ1n) is 6.11. The molecule has 0 amide bonds. The Balaban J connectivity index is 2.36. The molecule has 0 aromatic heterocycles. The van der Waals surface area contributed by atoms with Gasteiger partial charge in [0.1, 0.15) is 0 Å². The molecule has 0 radical (unpaired) electrons. The number of benzene rings is 2. The zero-order valence-electron chi connectivity index (χ0n) is 10.8. The molecule has 0 saturated carbocycles. The molecule has 0 aliphatic heterocycles. The summed E-state index contributed by atoms with van der Waals surface area (Å²) in [4.78, 5) is 0. The molecular weight excluding hydrogens is 267 g/mol. The van der Waals surface area contributed by atoms with Gasteiger partial charge in [0.25, 0.3) is 0 Å². The molecule has 1 atom stereocenters. The van der Waals surface area contributed by atoms with Gasteiger partial charge in [0, 0.05) is 0 Å². The van der Waals surface area contributed by atoms with Crippen LogP contribution >= 0.6 is 0 Å². The Morgan fingerprint density at radius 2 is 1.53 bits per heavy atom. The van der Waals surface area contributed by atoms with Crippen molar-refractivity contribution in [2.24, 2.45) is 0 Å². The quantitative estimate of drug-likeness (QED) is 0.761. The van der Waals surface area contributed by atoms with E-state index in [1.165, 1.54) is 16.3 Å². The zero-order valence-corrected chi connectivity index (χ0v) is 12.6. The van der Waals surface area contributed by atoms with Crippen LogP contribution in [-0.2, 0) is 0 Å². The molecule has 2 rings (SSSR count). The summed E-state index contributed by atoms with van der Waals surface area (Å²) >= 11 is -1.05. The van der Waals surface area contributed by atoms with E-state index in [9.17, 15) is 0 Å². The molecule has 17 heavy (non-hydrogen) atoms. The van der Waals surface area contributed by atoms with Crippen LogP contribution in [0.15, 0.2) is 48.5 Å². The van der Waals surface area contributed by atoms with Crippen LogP contribution in [0.25, 0.3) is 0 Å². The third-order valence-electron chi connectivity index (χ3n) is 2.98. The van der Waals surface area contributed by atoms with E-state index in [4.69, 9.17) is 0 Å². The molecule has 0 aliphatic carbocycles. The summed E-state index contributed by atoms with van der Waals surface area (Å²) in [5, 5.41) is 1.29. The van der Waals surface area contributed by atoms with Crippen molar-refractivity contribution in [2.45, 2.75) is 26.0 Å². The van der Waals surface area contributed by atoms with Gasteiger partial charge in [-0.15, -0.1) is 0 Å². The fraction of sp³-hybridized carbons (Fsp3) is 0.250. The molecule has 2 aromatic carbocycles. The predicted octanol–water partition coefficient (Wildman–Crippen LogP) is 2.93. The number of rotatable bonds is 3. The van der Waals surface area contributed by atoms with Crippen molar-refractivity contribution in [1.29, 1.82) is 0 Å². The van der Waals surface area contributed by atoms with Crippen molar-refractivity contribution in [2.75, 3.05) is 0 Å². The average molecular weight is 286 g/mol. The van der Waals surface area contributed by atoms with Crippen molar-refractivity contribution in [3.05, 3.63) is 59.7 Å². The van der Waals surface area contributed by atoms with E-state index in [0.29, 0.717) is 0 Å². The third kappa shape index (κ3) is 3.01. The second kappa shape index (κ2) is 5.56. The maximum atomic E-state index is 2.36. The van der Waals surface area contributed by atoms with Crippen molar-refractivity contribution >= 4 is 23.4 Å². The summed E-state index contributed by atoms with van der Waals surface area (Å²) in [6.45, 7) is 6.66. The van der Waals surface area contributed by atoms with E-state index in [0.717, 1.165) is 0 Å². The standard InChI is InChI=1S/C16H19As/c1-4-17(15-10-8-13(2)9-11-15)16-7-5-6-14(3)12-16/h5-12H,4H2,1-3H3. The molecule has 1 unspecified atom stereocenters. The van der Waals surface area contributed by atoms with E-state index in [-0.39, 0.29) is 0 Å². The van der Waals surface area contributed by atoms with Crippen molar-refractivity contribution in [3.8, 4) is 0 Å². The van der Waals surface area contributed by atoms with E-state index < -0.39 is 14.7 Å². The van der Waals surface area contributed by atoms with Crippen molar-refractivity contribution in [1.82, 2.24) is 0 Å². The number of aryl methyl sites for hydroxylation is 2. The van der Waals surface area contributed by atoms with Crippen molar-refractivity contribution < 1.29 is 0 Å². The van der Waals surface area contributed by atoms with Crippen LogP contribution in [-0.4, -0.2) is 14.7 Å². The monoisotopic (exact) mass is 286 g/mol. The van der Waals surface area contributed by atoms with Gasteiger partial charge in [0.2, 0.25) is 0 Å². The van der Waals surface area contributed by atoms with Crippen LogP contribution in [0.4, 0.5) is 0 Å². The molecule has 0 saturated heterocycles. The molecule has 0 fully saturated rings. The minimum atomic E-state index is -1.05. The number of hydrogen-bond donors (Lipinski definition) is 0. The Bertz CT molecular complexity index is 485. The Hall–Kier alpha value is -1.00. The SMILES string of the molecule is CC[As](c1ccc(C)cc1)c1cccc(C)c1. The van der Waals surface area contributed by atoms with Crippen LogP contribution in [0.3, 0.4) is 0 Å². The second-order valence-electron chi connectivity index (χ2n) is 4.42. The summed E-state index contributed by atoms with van der Waals surface area (Å²) in [5.41, 5.74) is 2.73. The molecule has 0 nitrogen and oxygen atoms in total. The van der Waals surface area contributed by atoms with E-state index in [1.54, 1.807) is 8.70 Å². The Morgan fingerprint density at radius 1 is 0.824 bits per heavy atom. The van der Waals surface area contributed by atoms with E-state index >= 15 is 0 Å². The van der Waals surface area contributed by atoms with Gasteiger partial charge in [-0.05, 0) is 0 Å². The van der Waals surface area contributed by atoms with Crippen LogP contribution in [0, 0.1) is 13.8 Å². The summed E-state index contributed by atoms with van der Waals surface area (Å²) in [6.07, 6.45) is 0. The van der Waals surface area contributed by atoms with Gasteiger partial charge >= 0.3 is 109 Å². The Morgan fingerprint density at radius 3 is 2.12 bits per heavy atom. The fourth-order valence-electron chi connectivity index (χ4n) is 2.03.